The third-order valence-electron chi connectivity index (χ3n) is 4.81. The molecular formula is C18H25N3OS. The van der Waals surface area contributed by atoms with Crippen LogP contribution in [-0.2, 0) is 4.79 Å². The Morgan fingerprint density at radius 1 is 1.30 bits per heavy atom. The van der Waals surface area contributed by atoms with Gasteiger partial charge < -0.3 is 4.90 Å². The number of amides is 1. The molecule has 0 N–H and O–H groups in total. The maximum Gasteiger partial charge on any atom is 0.235 e. The first kappa shape index (κ1) is 17.8. The lowest BCUT2D eigenvalue weighted by molar-refractivity contribution is -0.131. The predicted octanol–water partition coefficient (Wildman–Crippen LogP) is 3.62. The van der Waals surface area contributed by atoms with Crippen molar-refractivity contribution < 1.29 is 4.79 Å². The van der Waals surface area contributed by atoms with E-state index in [-0.39, 0.29) is 11.2 Å². The Morgan fingerprint density at radius 3 is 2.48 bits per heavy atom. The number of piperidine rings is 1. The van der Waals surface area contributed by atoms with Gasteiger partial charge in [0.15, 0.2) is 0 Å². The van der Waals surface area contributed by atoms with Gasteiger partial charge in [0, 0.05) is 18.8 Å². The molecular weight excluding hydrogens is 306 g/mol. The SMILES string of the molecule is Cc1nc(S[C@H](C)C(=O)N2CCC(C)CC2)c(C#N)c(C)c1C. The summed E-state index contributed by atoms with van der Waals surface area (Å²) in [7, 11) is 0. The highest BCUT2D eigenvalue weighted by atomic mass is 32.2. The van der Waals surface area contributed by atoms with Gasteiger partial charge in [0.2, 0.25) is 5.91 Å². The minimum Gasteiger partial charge on any atom is -0.342 e. The number of hydrogen-bond donors (Lipinski definition) is 0. The Labute approximate surface area is 143 Å². The molecule has 4 nitrogen and oxygen atoms in total. The molecule has 124 valence electrons. The zero-order valence-corrected chi connectivity index (χ0v) is 15.5. The molecule has 1 fully saturated rings. The summed E-state index contributed by atoms with van der Waals surface area (Å²) >= 11 is 1.41. The van der Waals surface area contributed by atoms with E-state index >= 15 is 0 Å². The Kier molecular flexibility index (Phi) is 5.69. The van der Waals surface area contributed by atoms with Crippen LogP contribution in [-0.4, -0.2) is 34.1 Å². The summed E-state index contributed by atoms with van der Waals surface area (Å²) in [4.78, 5) is 19.1. The first-order valence-electron chi connectivity index (χ1n) is 8.18. The van der Waals surface area contributed by atoms with Crippen LogP contribution in [0.25, 0.3) is 0 Å². The van der Waals surface area contributed by atoms with E-state index in [0.29, 0.717) is 16.5 Å². The summed E-state index contributed by atoms with van der Waals surface area (Å²) in [6, 6.07) is 2.25. The number of rotatable bonds is 3. The first-order chi connectivity index (χ1) is 10.8. The maximum atomic E-state index is 12.6. The molecule has 1 atom stereocenters. The van der Waals surface area contributed by atoms with Gasteiger partial charge >= 0.3 is 0 Å². The molecule has 0 unspecified atom stereocenters. The molecule has 5 heteroatoms. The monoisotopic (exact) mass is 331 g/mol. The Hall–Kier alpha value is -1.54. The number of thioether (sulfide) groups is 1. The smallest absolute Gasteiger partial charge is 0.235 e. The minimum atomic E-state index is -0.218. The third-order valence-corrected chi connectivity index (χ3v) is 5.88. The summed E-state index contributed by atoms with van der Waals surface area (Å²) in [6.45, 7) is 11.7. The molecule has 23 heavy (non-hydrogen) atoms. The van der Waals surface area contributed by atoms with Crippen molar-refractivity contribution in [2.45, 2.75) is 57.7 Å². The minimum absolute atomic E-state index is 0.156. The first-order valence-corrected chi connectivity index (χ1v) is 9.06. The van der Waals surface area contributed by atoms with Gasteiger partial charge in [-0.1, -0.05) is 18.7 Å². The van der Waals surface area contributed by atoms with Gasteiger partial charge in [-0.3, -0.25) is 4.79 Å². The zero-order valence-electron chi connectivity index (χ0n) is 14.6. The van der Waals surface area contributed by atoms with Crippen LogP contribution in [0, 0.1) is 38.0 Å². The lowest BCUT2D eigenvalue weighted by atomic mass is 9.99. The average molecular weight is 331 g/mol. The fraction of sp³-hybridized carbons (Fsp3) is 0.611. The fourth-order valence-electron chi connectivity index (χ4n) is 2.83. The molecule has 1 aliphatic heterocycles. The number of carbonyl (C=O) groups excluding carboxylic acids is 1. The van der Waals surface area contributed by atoms with Crippen molar-refractivity contribution in [1.82, 2.24) is 9.88 Å². The van der Waals surface area contributed by atoms with Crippen molar-refractivity contribution in [2.24, 2.45) is 5.92 Å². The van der Waals surface area contributed by atoms with E-state index in [1.807, 2.05) is 32.6 Å². The zero-order chi connectivity index (χ0) is 17.1. The van der Waals surface area contributed by atoms with E-state index in [9.17, 15) is 10.1 Å². The van der Waals surface area contributed by atoms with Crippen LogP contribution in [0.1, 0.15) is 49.1 Å². The summed E-state index contributed by atoms with van der Waals surface area (Å²) in [5, 5.41) is 9.91. The van der Waals surface area contributed by atoms with Crippen molar-refractivity contribution in [3.8, 4) is 6.07 Å². The number of pyridine rings is 1. The van der Waals surface area contributed by atoms with E-state index in [1.54, 1.807) is 0 Å². The largest absolute Gasteiger partial charge is 0.342 e. The van der Waals surface area contributed by atoms with Crippen LogP contribution < -0.4 is 0 Å². The van der Waals surface area contributed by atoms with Gasteiger partial charge in [0.05, 0.1) is 10.8 Å². The van der Waals surface area contributed by atoms with Crippen LogP contribution in [0.4, 0.5) is 0 Å². The lowest BCUT2D eigenvalue weighted by Gasteiger charge is -2.32. The molecule has 0 aliphatic carbocycles. The number of nitrogens with zero attached hydrogens (tertiary/aromatic N) is 3. The normalized spacial score (nSPS) is 17.0. The van der Waals surface area contributed by atoms with Crippen LogP contribution in [0.2, 0.25) is 0 Å². The molecule has 0 bridgehead atoms. The predicted molar refractivity (Wildman–Crippen MR) is 93.5 cm³/mol. The number of carbonyl (C=O) groups is 1. The van der Waals surface area contributed by atoms with E-state index in [2.05, 4.69) is 18.0 Å². The topological polar surface area (TPSA) is 57.0 Å². The number of aryl methyl sites for hydroxylation is 1. The molecule has 1 saturated heterocycles. The Bertz CT molecular complexity index is 643. The number of likely N-dealkylation sites (tertiary alicyclic amines) is 1. The standard InChI is InChI=1S/C18H25N3OS/c1-11-6-8-21(9-7-11)18(22)15(5)23-17-16(10-19)13(3)12(2)14(4)20-17/h11,15H,6-9H2,1-5H3/t15-/m1/s1. The van der Waals surface area contributed by atoms with E-state index < -0.39 is 0 Å². The van der Waals surface area contributed by atoms with E-state index in [4.69, 9.17) is 0 Å². The van der Waals surface area contributed by atoms with Crippen LogP contribution in [0.15, 0.2) is 5.03 Å². The molecule has 0 radical (unpaired) electrons. The molecule has 1 aromatic rings. The van der Waals surface area contributed by atoms with Gasteiger partial charge in [-0.15, -0.1) is 0 Å². The van der Waals surface area contributed by atoms with Crippen molar-refractivity contribution in [3.63, 3.8) is 0 Å². The summed E-state index contributed by atoms with van der Waals surface area (Å²) < 4.78 is 0. The van der Waals surface area contributed by atoms with Crippen LogP contribution in [0.5, 0.6) is 0 Å². The van der Waals surface area contributed by atoms with Crippen LogP contribution in [0.3, 0.4) is 0 Å². The van der Waals surface area contributed by atoms with Gasteiger partial charge in [-0.25, -0.2) is 4.98 Å². The van der Waals surface area contributed by atoms with E-state index in [0.717, 1.165) is 42.8 Å². The number of hydrogen-bond acceptors (Lipinski definition) is 4. The van der Waals surface area contributed by atoms with Crippen molar-refractivity contribution >= 4 is 17.7 Å². The molecule has 0 spiro atoms. The highest BCUT2D eigenvalue weighted by Gasteiger charge is 2.26. The van der Waals surface area contributed by atoms with Gasteiger partial charge in [0.1, 0.15) is 11.1 Å². The average Bonchev–Trinajstić information content (AvgIpc) is 2.53. The molecule has 0 saturated carbocycles. The van der Waals surface area contributed by atoms with E-state index in [1.165, 1.54) is 11.8 Å². The maximum absolute atomic E-state index is 12.6. The fourth-order valence-corrected chi connectivity index (χ4v) is 3.92. The summed E-state index contributed by atoms with van der Waals surface area (Å²) in [5.74, 6) is 0.861. The van der Waals surface area contributed by atoms with Crippen molar-refractivity contribution in [1.29, 1.82) is 5.26 Å². The van der Waals surface area contributed by atoms with Gasteiger partial charge in [-0.05, 0) is 57.6 Å². The molecule has 1 aromatic heterocycles. The second-order valence-corrected chi connectivity index (χ2v) is 7.84. The Balaban J connectivity index is 2.16. The highest BCUT2D eigenvalue weighted by Crippen LogP contribution is 2.30. The molecule has 2 heterocycles. The molecule has 0 aromatic carbocycles. The van der Waals surface area contributed by atoms with Crippen LogP contribution >= 0.6 is 11.8 Å². The summed E-state index contributed by atoms with van der Waals surface area (Å²) in [5.41, 5.74) is 3.55. The third kappa shape index (κ3) is 3.87. The van der Waals surface area contributed by atoms with Gasteiger partial charge in [0.25, 0.3) is 0 Å². The van der Waals surface area contributed by atoms with Crippen molar-refractivity contribution in [3.05, 3.63) is 22.4 Å². The van der Waals surface area contributed by atoms with Gasteiger partial charge in [-0.2, -0.15) is 5.26 Å². The molecule has 1 amide bonds. The number of nitriles is 1. The Morgan fingerprint density at radius 2 is 1.91 bits per heavy atom. The highest BCUT2D eigenvalue weighted by molar-refractivity contribution is 8.00. The second-order valence-electron chi connectivity index (χ2n) is 6.51. The lowest BCUT2D eigenvalue weighted by Crippen LogP contribution is -2.41. The second kappa shape index (κ2) is 7.35. The molecule has 2 rings (SSSR count). The quantitative estimate of drug-likeness (QED) is 0.794. The van der Waals surface area contributed by atoms with Crippen molar-refractivity contribution in [2.75, 3.05) is 13.1 Å². The summed E-state index contributed by atoms with van der Waals surface area (Å²) in [6.07, 6.45) is 2.15. The molecule has 1 aliphatic rings. The number of aromatic nitrogens is 1.